The lowest BCUT2D eigenvalue weighted by Crippen LogP contribution is -2.22. The summed E-state index contributed by atoms with van der Waals surface area (Å²) in [5, 5.41) is 12.2. The molecule has 27 heavy (non-hydrogen) atoms. The van der Waals surface area contributed by atoms with Crippen LogP contribution in [0.5, 0.6) is 0 Å². The molecule has 3 heterocycles. The highest BCUT2D eigenvalue weighted by Gasteiger charge is 2.10. The van der Waals surface area contributed by atoms with Gasteiger partial charge in [0.25, 0.3) is 5.91 Å². The lowest BCUT2D eigenvalue weighted by molar-refractivity contribution is 0.0950. The first-order valence-corrected chi connectivity index (χ1v) is 9.98. The molecule has 1 amide bonds. The van der Waals surface area contributed by atoms with Crippen molar-refractivity contribution in [3.8, 4) is 10.8 Å². The first-order valence-electron chi connectivity index (χ1n) is 8.11. The van der Waals surface area contributed by atoms with Gasteiger partial charge in [0, 0.05) is 11.3 Å². The second kappa shape index (κ2) is 8.19. The lowest BCUT2D eigenvalue weighted by Gasteiger charge is -2.04. The molecule has 0 aliphatic rings. The van der Waals surface area contributed by atoms with Crippen LogP contribution in [0.2, 0.25) is 0 Å². The zero-order valence-corrected chi connectivity index (χ0v) is 15.7. The van der Waals surface area contributed by atoms with E-state index in [0.717, 1.165) is 21.3 Å². The van der Waals surface area contributed by atoms with Crippen LogP contribution >= 0.6 is 23.1 Å². The molecular formula is C18H15N5O2S2. The number of carbonyl (C=O) groups is 1. The van der Waals surface area contributed by atoms with E-state index in [1.807, 2.05) is 41.8 Å². The molecule has 0 radical (unpaired) electrons. The van der Waals surface area contributed by atoms with Gasteiger partial charge in [0.05, 0.1) is 17.1 Å². The molecule has 0 spiro atoms. The third-order valence-electron chi connectivity index (χ3n) is 3.70. The molecule has 136 valence electrons. The van der Waals surface area contributed by atoms with Gasteiger partial charge in [0.1, 0.15) is 12.6 Å². The number of oxazole rings is 1. The second-order valence-electron chi connectivity index (χ2n) is 5.58. The van der Waals surface area contributed by atoms with Crippen molar-refractivity contribution in [3.63, 3.8) is 0 Å². The molecule has 0 aliphatic heterocycles. The Morgan fingerprint density at radius 1 is 1.26 bits per heavy atom. The van der Waals surface area contributed by atoms with E-state index in [1.165, 1.54) is 6.33 Å². The van der Waals surface area contributed by atoms with Gasteiger partial charge in [0.15, 0.2) is 5.16 Å². The summed E-state index contributed by atoms with van der Waals surface area (Å²) < 4.78 is 5.45. The quantitative estimate of drug-likeness (QED) is 0.461. The molecule has 4 rings (SSSR count). The number of aromatic nitrogens is 4. The van der Waals surface area contributed by atoms with Crippen molar-refractivity contribution in [3.05, 3.63) is 71.2 Å². The molecule has 7 nitrogen and oxygen atoms in total. The number of carbonyl (C=O) groups excluding carboxylic acids is 1. The zero-order chi connectivity index (χ0) is 18.5. The zero-order valence-electron chi connectivity index (χ0n) is 14.1. The van der Waals surface area contributed by atoms with Gasteiger partial charge in [-0.3, -0.25) is 9.89 Å². The number of thiophene rings is 1. The number of nitrogens with one attached hydrogen (secondary N) is 2. The number of nitrogens with zero attached hydrogens (tertiary/aromatic N) is 3. The summed E-state index contributed by atoms with van der Waals surface area (Å²) in [7, 11) is 0. The van der Waals surface area contributed by atoms with E-state index in [0.29, 0.717) is 23.7 Å². The third-order valence-corrected chi connectivity index (χ3v) is 5.50. The largest absolute Gasteiger partial charge is 0.443 e. The van der Waals surface area contributed by atoms with Gasteiger partial charge >= 0.3 is 0 Å². The summed E-state index contributed by atoms with van der Waals surface area (Å²) in [6, 6.07) is 11.4. The molecule has 0 fully saturated rings. The maximum Gasteiger partial charge on any atom is 0.251 e. The highest BCUT2D eigenvalue weighted by atomic mass is 32.2. The van der Waals surface area contributed by atoms with Crippen molar-refractivity contribution < 1.29 is 9.21 Å². The molecule has 1 aromatic carbocycles. The Morgan fingerprint density at radius 2 is 2.15 bits per heavy atom. The fraction of sp³-hybridized carbons (Fsp3) is 0.111. The van der Waals surface area contributed by atoms with E-state index in [-0.39, 0.29) is 5.91 Å². The van der Waals surface area contributed by atoms with Gasteiger partial charge in [-0.2, -0.15) is 5.10 Å². The average Bonchev–Trinajstić information content (AvgIpc) is 3.47. The van der Waals surface area contributed by atoms with Crippen LogP contribution in [-0.4, -0.2) is 26.1 Å². The van der Waals surface area contributed by atoms with E-state index >= 15 is 0 Å². The Hall–Kier alpha value is -2.91. The number of hydrogen-bond donors (Lipinski definition) is 2. The Balaban J connectivity index is 1.30. The number of rotatable bonds is 7. The van der Waals surface area contributed by atoms with Gasteiger partial charge in [-0.15, -0.1) is 11.3 Å². The predicted octanol–water partition coefficient (Wildman–Crippen LogP) is 3.74. The second-order valence-corrected chi connectivity index (χ2v) is 7.49. The standard InChI is InChI=1S/C18H15N5O2S2/c24-16(19-8-14-9-25-17(22-14)15-2-1-7-26-15)13-5-3-12(4-6-13)10-27-18-20-11-21-23-18/h1-7,9,11H,8,10H2,(H,19,24)(H,20,21,23). The number of thioether (sulfide) groups is 1. The highest BCUT2D eigenvalue weighted by Crippen LogP contribution is 2.23. The van der Waals surface area contributed by atoms with Crippen LogP contribution in [0.15, 0.2) is 63.9 Å². The van der Waals surface area contributed by atoms with Crippen molar-refractivity contribution in [1.29, 1.82) is 0 Å². The minimum Gasteiger partial charge on any atom is -0.443 e. The molecule has 9 heteroatoms. The monoisotopic (exact) mass is 397 g/mol. The summed E-state index contributed by atoms with van der Waals surface area (Å²) in [5.74, 6) is 1.18. The average molecular weight is 397 g/mol. The van der Waals surface area contributed by atoms with E-state index < -0.39 is 0 Å². The molecule has 3 aromatic heterocycles. The maximum absolute atomic E-state index is 12.3. The Bertz CT molecular complexity index is 995. The number of H-pyrrole nitrogens is 1. The van der Waals surface area contributed by atoms with Crippen LogP contribution in [0, 0.1) is 0 Å². The smallest absolute Gasteiger partial charge is 0.251 e. The van der Waals surface area contributed by atoms with Crippen LogP contribution in [0.25, 0.3) is 10.8 Å². The number of amides is 1. The van der Waals surface area contributed by atoms with Crippen molar-refractivity contribution in [1.82, 2.24) is 25.5 Å². The van der Waals surface area contributed by atoms with Crippen LogP contribution in [0.1, 0.15) is 21.6 Å². The molecule has 2 N–H and O–H groups in total. The van der Waals surface area contributed by atoms with Crippen molar-refractivity contribution in [2.45, 2.75) is 17.5 Å². The normalized spacial score (nSPS) is 10.8. The minimum atomic E-state index is -0.148. The van der Waals surface area contributed by atoms with Gasteiger partial charge in [-0.25, -0.2) is 9.97 Å². The molecule has 0 aliphatic carbocycles. The van der Waals surface area contributed by atoms with Crippen LogP contribution in [0.4, 0.5) is 0 Å². The SMILES string of the molecule is O=C(NCc1coc(-c2cccs2)n1)c1ccc(CSc2ncn[nH]2)cc1. The Morgan fingerprint density at radius 3 is 2.89 bits per heavy atom. The van der Waals surface area contributed by atoms with Crippen molar-refractivity contribution >= 4 is 29.0 Å². The van der Waals surface area contributed by atoms with Crippen molar-refractivity contribution in [2.24, 2.45) is 0 Å². The molecule has 0 saturated carbocycles. The lowest BCUT2D eigenvalue weighted by atomic mass is 10.1. The van der Waals surface area contributed by atoms with E-state index in [1.54, 1.807) is 29.4 Å². The molecular weight excluding hydrogens is 382 g/mol. The molecule has 0 unspecified atom stereocenters. The van der Waals surface area contributed by atoms with E-state index in [9.17, 15) is 4.79 Å². The summed E-state index contributed by atoms with van der Waals surface area (Å²) in [4.78, 5) is 21.7. The number of benzene rings is 1. The topological polar surface area (TPSA) is 96.7 Å². The molecule has 0 atom stereocenters. The molecule has 0 bridgehead atoms. The fourth-order valence-electron chi connectivity index (χ4n) is 2.34. The minimum absolute atomic E-state index is 0.148. The summed E-state index contributed by atoms with van der Waals surface area (Å²) in [6.45, 7) is 0.316. The first kappa shape index (κ1) is 17.5. The fourth-order valence-corrected chi connectivity index (χ4v) is 3.73. The van der Waals surface area contributed by atoms with Crippen molar-refractivity contribution in [2.75, 3.05) is 0 Å². The van der Waals surface area contributed by atoms with Crippen LogP contribution < -0.4 is 5.32 Å². The summed E-state index contributed by atoms with van der Waals surface area (Å²) >= 11 is 3.12. The summed E-state index contributed by atoms with van der Waals surface area (Å²) in [6.07, 6.45) is 3.05. The van der Waals surface area contributed by atoms with Gasteiger partial charge in [-0.1, -0.05) is 30.0 Å². The Kier molecular flexibility index (Phi) is 5.31. The number of aromatic amines is 1. The van der Waals surface area contributed by atoms with Gasteiger partial charge < -0.3 is 9.73 Å². The first-order chi connectivity index (χ1) is 13.3. The third kappa shape index (κ3) is 4.44. The van der Waals surface area contributed by atoms with E-state index in [4.69, 9.17) is 4.42 Å². The van der Waals surface area contributed by atoms with E-state index in [2.05, 4.69) is 25.5 Å². The Labute approximate surface area is 163 Å². The van der Waals surface area contributed by atoms with Gasteiger partial charge in [0.2, 0.25) is 5.89 Å². The maximum atomic E-state index is 12.3. The summed E-state index contributed by atoms with van der Waals surface area (Å²) in [5.41, 5.74) is 2.39. The molecule has 0 saturated heterocycles. The highest BCUT2D eigenvalue weighted by molar-refractivity contribution is 7.98. The number of hydrogen-bond acceptors (Lipinski definition) is 7. The molecule has 4 aromatic rings. The predicted molar refractivity (Wildman–Crippen MR) is 103 cm³/mol. The van der Waals surface area contributed by atoms with Gasteiger partial charge in [-0.05, 0) is 29.1 Å². The van der Waals surface area contributed by atoms with Crippen LogP contribution in [-0.2, 0) is 12.3 Å². The van der Waals surface area contributed by atoms with Crippen LogP contribution in [0.3, 0.4) is 0 Å².